The number of hydrogen-bond donors (Lipinski definition) is 1. The maximum atomic E-state index is 13.2. The molecule has 1 aromatic rings. The lowest BCUT2D eigenvalue weighted by atomic mass is 9.89. The van der Waals surface area contributed by atoms with E-state index in [-0.39, 0.29) is 18.4 Å². The second-order valence-corrected chi connectivity index (χ2v) is 8.36. The minimum atomic E-state index is 0.00498. The highest BCUT2D eigenvalue weighted by Crippen LogP contribution is 2.28. The van der Waals surface area contributed by atoms with Crippen LogP contribution in [0.3, 0.4) is 0 Å². The molecule has 0 atom stereocenters. The van der Waals surface area contributed by atoms with E-state index >= 15 is 0 Å². The van der Waals surface area contributed by atoms with Crippen LogP contribution in [0.4, 0.5) is 0 Å². The van der Waals surface area contributed by atoms with Crippen molar-refractivity contribution in [2.45, 2.75) is 71.4 Å². The normalized spacial score (nSPS) is 20.1. The number of aryl methyl sites for hydroxylation is 2. The van der Waals surface area contributed by atoms with Crippen LogP contribution >= 0.6 is 0 Å². The Kier molecular flexibility index (Phi) is 6.93. The number of amides is 1. The number of carbonyl (C=O) groups excluding carboxylic acids is 1. The monoisotopic (exact) mass is 376 g/mol. The number of aliphatic hydroxyl groups is 1. The molecule has 0 unspecified atom stereocenters. The van der Waals surface area contributed by atoms with E-state index in [4.69, 9.17) is 0 Å². The molecule has 1 aliphatic carbocycles. The van der Waals surface area contributed by atoms with E-state index in [1.807, 2.05) is 30.5 Å². The third-order valence-corrected chi connectivity index (χ3v) is 6.66. The number of carbonyl (C=O) groups is 1. The Hall–Kier alpha value is -1.40. The van der Waals surface area contributed by atoms with Gasteiger partial charge >= 0.3 is 0 Å². The van der Waals surface area contributed by atoms with Crippen LogP contribution in [0.1, 0.15) is 61.9 Å². The van der Waals surface area contributed by atoms with Crippen molar-refractivity contribution in [1.82, 2.24) is 19.6 Å². The fourth-order valence-corrected chi connectivity index (χ4v) is 4.84. The van der Waals surface area contributed by atoms with Crippen molar-refractivity contribution in [3.63, 3.8) is 0 Å². The third kappa shape index (κ3) is 4.72. The molecule has 0 radical (unpaired) electrons. The van der Waals surface area contributed by atoms with Crippen molar-refractivity contribution in [3.05, 3.63) is 17.0 Å². The number of nitrogens with zero attached hydrogens (tertiary/aromatic N) is 4. The summed E-state index contributed by atoms with van der Waals surface area (Å²) in [7, 11) is 1.94. The first kappa shape index (κ1) is 20.3. The Labute approximate surface area is 163 Å². The Morgan fingerprint density at radius 2 is 1.81 bits per heavy atom. The molecule has 0 spiro atoms. The van der Waals surface area contributed by atoms with Crippen LogP contribution in [-0.4, -0.2) is 62.9 Å². The van der Waals surface area contributed by atoms with Gasteiger partial charge in [-0.15, -0.1) is 0 Å². The van der Waals surface area contributed by atoms with Gasteiger partial charge < -0.3 is 14.9 Å². The summed E-state index contributed by atoms with van der Waals surface area (Å²) in [5.41, 5.74) is 3.17. The van der Waals surface area contributed by atoms with Crippen LogP contribution in [-0.2, 0) is 18.4 Å². The predicted octanol–water partition coefficient (Wildman–Crippen LogP) is 2.40. The molecule has 1 saturated carbocycles. The molecule has 6 nitrogen and oxygen atoms in total. The SMILES string of the molecule is Cc1nn(C)c(C)c1CN(CCO)C(=O)C1CCN(C2CCCCC2)CC1. The molecule has 0 bridgehead atoms. The summed E-state index contributed by atoms with van der Waals surface area (Å²) >= 11 is 0. The maximum absolute atomic E-state index is 13.2. The van der Waals surface area contributed by atoms with E-state index in [0.29, 0.717) is 13.1 Å². The van der Waals surface area contributed by atoms with Gasteiger partial charge in [0.25, 0.3) is 0 Å². The van der Waals surface area contributed by atoms with Gasteiger partial charge in [-0.3, -0.25) is 9.48 Å². The molecule has 1 aliphatic heterocycles. The number of likely N-dealkylation sites (tertiary alicyclic amines) is 1. The largest absolute Gasteiger partial charge is 0.395 e. The van der Waals surface area contributed by atoms with Crippen LogP contribution in [0, 0.1) is 19.8 Å². The summed E-state index contributed by atoms with van der Waals surface area (Å²) in [6.45, 7) is 7.07. The van der Waals surface area contributed by atoms with E-state index < -0.39 is 0 Å². The predicted molar refractivity (Wildman–Crippen MR) is 106 cm³/mol. The summed E-state index contributed by atoms with van der Waals surface area (Å²) in [6, 6.07) is 0.740. The Morgan fingerprint density at radius 3 is 2.37 bits per heavy atom. The summed E-state index contributed by atoms with van der Waals surface area (Å²) in [5.74, 6) is 0.295. The van der Waals surface area contributed by atoms with Crippen LogP contribution in [0.5, 0.6) is 0 Å². The van der Waals surface area contributed by atoms with Crippen molar-refractivity contribution in [3.8, 4) is 0 Å². The van der Waals surface area contributed by atoms with Crippen LogP contribution in [0.25, 0.3) is 0 Å². The minimum absolute atomic E-state index is 0.00498. The van der Waals surface area contributed by atoms with Gasteiger partial charge in [-0.25, -0.2) is 0 Å². The second kappa shape index (κ2) is 9.20. The first-order chi connectivity index (χ1) is 13.0. The number of piperidine rings is 1. The fraction of sp³-hybridized carbons (Fsp3) is 0.810. The van der Waals surface area contributed by atoms with Gasteiger partial charge in [0.15, 0.2) is 0 Å². The van der Waals surface area contributed by atoms with Crippen molar-refractivity contribution in [2.24, 2.45) is 13.0 Å². The molecule has 27 heavy (non-hydrogen) atoms. The first-order valence-electron chi connectivity index (χ1n) is 10.6. The highest BCUT2D eigenvalue weighted by molar-refractivity contribution is 5.79. The van der Waals surface area contributed by atoms with Crippen molar-refractivity contribution in [1.29, 1.82) is 0 Å². The van der Waals surface area contributed by atoms with Gasteiger partial charge in [-0.1, -0.05) is 19.3 Å². The fourth-order valence-electron chi connectivity index (χ4n) is 4.84. The van der Waals surface area contributed by atoms with E-state index in [1.165, 1.54) is 32.1 Å². The van der Waals surface area contributed by atoms with Gasteiger partial charge in [0.05, 0.1) is 12.3 Å². The summed E-state index contributed by atoms with van der Waals surface area (Å²) in [5, 5.41) is 14.0. The first-order valence-corrected chi connectivity index (χ1v) is 10.6. The topological polar surface area (TPSA) is 61.6 Å². The maximum Gasteiger partial charge on any atom is 0.226 e. The molecule has 0 aromatic carbocycles. The van der Waals surface area contributed by atoms with Crippen molar-refractivity contribution < 1.29 is 9.90 Å². The lowest BCUT2D eigenvalue weighted by Crippen LogP contribution is -2.46. The quantitative estimate of drug-likeness (QED) is 0.828. The van der Waals surface area contributed by atoms with Crippen LogP contribution < -0.4 is 0 Å². The van der Waals surface area contributed by atoms with E-state index in [0.717, 1.165) is 48.9 Å². The third-order valence-electron chi connectivity index (χ3n) is 6.66. The summed E-state index contributed by atoms with van der Waals surface area (Å²) < 4.78 is 1.87. The number of aliphatic hydroxyl groups excluding tert-OH is 1. The minimum Gasteiger partial charge on any atom is -0.395 e. The van der Waals surface area contributed by atoms with E-state index in [1.54, 1.807) is 0 Å². The molecular weight excluding hydrogens is 340 g/mol. The number of aromatic nitrogens is 2. The lowest BCUT2D eigenvalue weighted by molar-refractivity contribution is -0.138. The molecule has 2 fully saturated rings. The van der Waals surface area contributed by atoms with Gasteiger partial charge in [0.2, 0.25) is 5.91 Å². The molecule has 1 saturated heterocycles. The number of hydrogen-bond acceptors (Lipinski definition) is 4. The molecule has 1 N–H and O–H groups in total. The smallest absolute Gasteiger partial charge is 0.226 e. The molecular formula is C21H36N4O2. The number of rotatable bonds is 6. The molecule has 1 aromatic heterocycles. The molecule has 1 amide bonds. The lowest BCUT2D eigenvalue weighted by Gasteiger charge is -2.40. The van der Waals surface area contributed by atoms with Gasteiger partial charge in [-0.05, 0) is 52.6 Å². The summed E-state index contributed by atoms with van der Waals surface area (Å²) in [4.78, 5) is 17.6. The molecule has 152 valence electrons. The zero-order chi connectivity index (χ0) is 19.4. The van der Waals surface area contributed by atoms with Crippen LogP contribution in [0.2, 0.25) is 0 Å². The highest BCUT2D eigenvalue weighted by atomic mass is 16.3. The average molecular weight is 377 g/mol. The highest BCUT2D eigenvalue weighted by Gasteiger charge is 2.32. The van der Waals surface area contributed by atoms with Gasteiger partial charge in [0, 0.05) is 43.4 Å². The zero-order valence-electron chi connectivity index (χ0n) is 17.3. The van der Waals surface area contributed by atoms with E-state index in [9.17, 15) is 9.90 Å². The van der Waals surface area contributed by atoms with Crippen molar-refractivity contribution >= 4 is 5.91 Å². The molecule has 2 aliphatic rings. The Morgan fingerprint density at radius 1 is 1.15 bits per heavy atom. The Balaban J connectivity index is 1.60. The second-order valence-electron chi connectivity index (χ2n) is 8.36. The van der Waals surface area contributed by atoms with Crippen LogP contribution in [0.15, 0.2) is 0 Å². The summed E-state index contributed by atoms with van der Waals surface area (Å²) in [6.07, 6.45) is 8.65. The van der Waals surface area contributed by atoms with E-state index in [2.05, 4.69) is 10.00 Å². The van der Waals surface area contributed by atoms with Gasteiger partial charge in [0.1, 0.15) is 0 Å². The van der Waals surface area contributed by atoms with Gasteiger partial charge in [-0.2, -0.15) is 5.10 Å². The molecule has 3 rings (SSSR count). The van der Waals surface area contributed by atoms with Crippen molar-refractivity contribution in [2.75, 3.05) is 26.2 Å². The molecule has 2 heterocycles. The molecule has 6 heteroatoms. The standard InChI is InChI=1S/C21H36N4O2/c1-16-20(17(2)23(3)22-16)15-25(13-14-26)21(27)18-9-11-24(12-10-18)19-7-5-4-6-8-19/h18-19,26H,4-15H2,1-3H3. The Bertz CT molecular complexity index is 628. The zero-order valence-corrected chi connectivity index (χ0v) is 17.3. The average Bonchev–Trinajstić information content (AvgIpc) is 2.94.